The van der Waals surface area contributed by atoms with Gasteiger partial charge in [-0.1, -0.05) is 38.1 Å². The minimum atomic E-state index is -0.238. The molecule has 3 aromatic rings. The van der Waals surface area contributed by atoms with E-state index in [1.807, 2.05) is 57.2 Å². The Morgan fingerprint density at radius 2 is 1.38 bits per heavy atom. The van der Waals surface area contributed by atoms with Gasteiger partial charge < -0.3 is 19.5 Å². The lowest BCUT2D eigenvalue weighted by Gasteiger charge is -2.14. The van der Waals surface area contributed by atoms with Crippen LogP contribution in [-0.2, 0) is 19.4 Å². The highest BCUT2D eigenvalue weighted by Crippen LogP contribution is 2.16. The summed E-state index contributed by atoms with van der Waals surface area (Å²) in [6, 6.07) is 14.6. The van der Waals surface area contributed by atoms with Crippen molar-refractivity contribution >= 4 is 11.8 Å². The molecule has 1 unspecified atom stereocenters. The molecule has 3 rings (SSSR count). The van der Waals surface area contributed by atoms with Crippen LogP contribution >= 0.6 is 0 Å². The van der Waals surface area contributed by atoms with Gasteiger partial charge in [-0.2, -0.15) is 0 Å². The van der Waals surface area contributed by atoms with Crippen LogP contribution in [0.15, 0.2) is 57.4 Å². The molecule has 2 amide bonds. The van der Waals surface area contributed by atoms with Gasteiger partial charge in [-0.25, -0.2) is 0 Å². The summed E-state index contributed by atoms with van der Waals surface area (Å²) < 4.78 is 10.9. The third kappa shape index (κ3) is 5.16. The average molecular weight is 394 g/mol. The van der Waals surface area contributed by atoms with E-state index >= 15 is 0 Å². The molecule has 0 aliphatic rings. The molecule has 152 valence electrons. The average Bonchev–Trinajstić information content (AvgIpc) is 3.41. The normalized spacial score (nSPS) is 11.8. The summed E-state index contributed by atoms with van der Waals surface area (Å²) in [6.07, 6.45) is 1.50. The summed E-state index contributed by atoms with van der Waals surface area (Å²) in [5, 5.41) is 5.78. The number of carbonyl (C=O) groups is 2. The van der Waals surface area contributed by atoms with E-state index < -0.39 is 0 Å². The van der Waals surface area contributed by atoms with E-state index in [2.05, 4.69) is 10.6 Å². The zero-order chi connectivity index (χ0) is 20.8. The fourth-order valence-corrected chi connectivity index (χ4v) is 2.92. The van der Waals surface area contributed by atoms with Crippen molar-refractivity contribution in [3.8, 4) is 0 Å². The molecule has 29 heavy (non-hydrogen) atoms. The summed E-state index contributed by atoms with van der Waals surface area (Å²) >= 11 is 0. The van der Waals surface area contributed by atoms with Gasteiger partial charge in [-0.05, 0) is 42.3 Å². The van der Waals surface area contributed by atoms with Gasteiger partial charge in [0.25, 0.3) is 11.8 Å². The van der Waals surface area contributed by atoms with Crippen molar-refractivity contribution in [3.63, 3.8) is 0 Å². The van der Waals surface area contributed by atoms with Gasteiger partial charge in [0.15, 0.2) is 11.5 Å². The van der Waals surface area contributed by atoms with Crippen molar-refractivity contribution in [3.05, 3.63) is 82.7 Å². The van der Waals surface area contributed by atoms with Crippen molar-refractivity contribution in [2.45, 2.75) is 46.2 Å². The number of benzene rings is 1. The highest BCUT2D eigenvalue weighted by molar-refractivity contribution is 5.92. The summed E-state index contributed by atoms with van der Waals surface area (Å²) in [5.41, 5.74) is 1.93. The molecule has 1 atom stereocenters. The maximum Gasteiger partial charge on any atom is 0.287 e. The maximum absolute atomic E-state index is 12.3. The Labute approximate surface area is 170 Å². The largest absolute Gasteiger partial charge is 0.456 e. The molecule has 0 aliphatic heterocycles. The standard InChI is InChI=1S/C23H26N2O4/c1-4-18-10-12-20(28-18)22(26)24-14-16-6-8-17(9-7-16)15(3)25-23(27)21-13-11-19(5-2)29-21/h6-13,15H,4-5,14H2,1-3H3,(H,24,26)(H,25,27). The molecule has 6 nitrogen and oxygen atoms in total. The molecule has 2 aromatic heterocycles. The van der Waals surface area contributed by atoms with Crippen LogP contribution in [0, 0.1) is 0 Å². The SMILES string of the molecule is CCc1ccc(C(=O)NCc2ccc(C(C)NC(=O)c3ccc(CC)o3)cc2)o1. The first kappa shape index (κ1) is 20.5. The Bertz CT molecular complexity index is 969. The lowest BCUT2D eigenvalue weighted by Crippen LogP contribution is -2.26. The fourth-order valence-electron chi connectivity index (χ4n) is 2.92. The van der Waals surface area contributed by atoms with Crippen LogP contribution in [0.4, 0.5) is 0 Å². The second-order valence-corrected chi connectivity index (χ2v) is 6.86. The highest BCUT2D eigenvalue weighted by atomic mass is 16.4. The van der Waals surface area contributed by atoms with E-state index in [4.69, 9.17) is 8.83 Å². The van der Waals surface area contributed by atoms with Crippen molar-refractivity contribution in [1.29, 1.82) is 0 Å². The van der Waals surface area contributed by atoms with Gasteiger partial charge in [0.05, 0.1) is 6.04 Å². The molecule has 0 saturated carbocycles. The third-order valence-electron chi connectivity index (χ3n) is 4.75. The van der Waals surface area contributed by atoms with E-state index in [-0.39, 0.29) is 17.9 Å². The van der Waals surface area contributed by atoms with Crippen LogP contribution in [0.3, 0.4) is 0 Å². The summed E-state index contributed by atoms with van der Waals surface area (Å²) in [5.74, 6) is 1.74. The number of hydrogen-bond acceptors (Lipinski definition) is 4. The Hall–Kier alpha value is -3.28. The van der Waals surface area contributed by atoms with Crippen LogP contribution in [0.2, 0.25) is 0 Å². The number of amides is 2. The van der Waals surface area contributed by atoms with E-state index in [1.165, 1.54) is 0 Å². The lowest BCUT2D eigenvalue weighted by atomic mass is 10.1. The number of rotatable bonds is 8. The minimum absolute atomic E-state index is 0.170. The molecule has 1 aromatic carbocycles. The van der Waals surface area contributed by atoms with Gasteiger partial charge in [-0.15, -0.1) is 0 Å². The van der Waals surface area contributed by atoms with Gasteiger partial charge in [0.1, 0.15) is 11.5 Å². The molecule has 2 heterocycles. The number of carbonyl (C=O) groups excluding carboxylic acids is 2. The Morgan fingerprint density at radius 1 is 0.828 bits per heavy atom. The summed E-state index contributed by atoms with van der Waals surface area (Å²) in [4.78, 5) is 24.4. The van der Waals surface area contributed by atoms with Crippen molar-refractivity contribution in [2.75, 3.05) is 0 Å². The second-order valence-electron chi connectivity index (χ2n) is 6.86. The van der Waals surface area contributed by atoms with Crippen LogP contribution in [0.25, 0.3) is 0 Å². The molecule has 0 spiro atoms. The van der Waals surface area contributed by atoms with Crippen LogP contribution in [0.5, 0.6) is 0 Å². The molecular formula is C23H26N2O4. The molecule has 2 N–H and O–H groups in total. The predicted molar refractivity (Wildman–Crippen MR) is 110 cm³/mol. The van der Waals surface area contributed by atoms with Gasteiger partial charge in [-0.3, -0.25) is 9.59 Å². The first-order valence-corrected chi connectivity index (χ1v) is 9.85. The Balaban J connectivity index is 1.53. The number of aryl methyl sites for hydroxylation is 2. The monoisotopic (exact) mass is 394 g/mol. The van der Waals surface area contributed by atoms with Crippen molar-refractivity contribution in [1.82, 2.24) is 10.6 Å². The Kier molecular flexibility index (Phi) is 6.54. The first-order chi connectivity index (χ1) is 14.0. The fraction of sp³-hybridized carbons (Fsp3) is 0.304. The third-order valence-corrected chi connectivity index (χ3v) is 4.75. The number of nitrogens with one attached hydrogen (secondary N) is 2. The van der Waals surface area contributed by atoms with Crippen molar-refractivity contribution < 1.29 is 18.4 Å². The number of hydrogen-bond donors (Lipinski definition) is 2. The summed E-state index contributed by atoms with van der Waals surface area (Å²) in [7, 11) is 0. The molecule has 0 saturated heterocycles. The first-order valence-electron chi connectivity index (χ1n) is 9.85. The van der Waals surface area contributed by atoms with E-state index in [9.17, 15) is 9.59 Å². The van der Waals surface area contributed by atoms with Gasteiger partial charge in [0.2, 0.25) is 0 Å². The van der Waals surface area contributed by atoms with E-state index in [1.54, 1.807) is 12.1 Å². The van der Waals surface area contributed by atoms with Crippen LogP contribution in [-0.4, -0.2) is 11.8 Å². The van der Waals surface area contributed by atoms with Crippen LogP contribution < -0.4 is 10.6 Å². The van der Waals surface area contributed by atoms with E-state index in [0.29, 0.717) is 18.1 Å². The quantitative estimate of drug-likeness (QED) is 0.592. The lowest BCUT2D eigenvalue weighted by molar-refractivity contribution is 0.0906. The summed E-state index contributed by atoms with van der Waals surface area (Å²) in [6.45, 7) is 6.27. The molecule has 6 heteroatoms. The minimum Gasteiger partial charge on any atom is -0.456 e. The predicted octanol–water partition coefficient (Wildman–Crippen LogP) is 4.42. The molecular weight excluding hydrogens is 368 g/mol. The smallest absolute Gasteiger partial charge is 0.287 e. The molecule has 0 bridgehead atoms. The molecule has 0 radical (unpaired) electrons. The van der Waals surface area contributed by atoms with Crippen LogP contribution in [0.1, 0.15) is 70.6 Å². The second kappa shape index (κ2) is 9.28. The molecule has 0 fully saturated rings. The Morgan fingerprint density at radius 3 is 1.90 bits per heavy atom. The zero-order valence-electron chi connectivity index (χ0n) is 17.0. The van der Waals surface area contributed by atoms with Gasteiger partial charge >= 0.3 is 0 Å². The van der Waals surface area contributed by atoms with E-state index in [0.717, 1.165) is 35.5 Å². The zero-order valence-corrected chi connectivity index (χ0v) is 17.0. The maximum atomic E-state index is 12.3. The van der Waals surface area contributed by atoms with Crippen molar-refractivity contribution in [2.24, 2.45) is 0 Å². The topological polar surface area (TPSA) is 84.5 Å². The highest BCUT2D eigenvalue weighted by Gasteiger charge is 2.15. The van der Waals surface area contributed by atoms with Gasteiger partial charge in [0, 0.05) is 19.4 Å². The number of furan rings is 2. The molecule has 0 aliphatic carbocycles.